The van der Waals surface area contributed by atoms with Crippen molar-refractivity contribution in [2.24, 2.45) is 0 Å². The molecule has 1 aliphatic carbocycles. The number of carbonyl (C=O) groups excluding carboxylic acids is 2. The van der Waals surface area contributed by atoms with Crippen LogP contribution in [0, 0.1) is 6.92 Å². The first-order valence-corrected chi connectivity index (χ1v) is 12.8. The average molecular weight is 479 g/mol. The minimum atomic E-state index is -0.590. The Bertz CT molecular complexity index is 1240. The van der Waals surface area contributed by atoms with Crippen molar-refractivity contribution in [2.45, 2.75) is 98.4 Å². The van der Waals surface area contributed by atoms with E-state index in [0.717, 1.165) is 52.8 Å². The number of benzene rings is 1. The van der Waals surface area contributed by atoms with Gasteiger partial charge in [0.25, 0.3) is 5.91 Å². The average Bonchev–Trinajstić information content (AvgIpc) is 3.45. The number of para-hydroxylation sites is 1. The minimum Gasteiger partial charge on any atom is -0.442 e. The van der Waals surface area contributed by atoms with E-state index >= 15 is 0 Å². The van der Waals surface area contributed by atoms with Gasteiger partial charge in [-0.05, 0) is 78.9 Å². The maximum absolute atomic E-state index is 14.1. The summed E-state index contributed by atoms with van der Waals surface area (Å²) in [5.41, 5.74) is 4.19. The number of ether oxygens (including phenoxy) is 1. The van der Waals surface area contributed by atoms with Crippen molar-refractivity contribution >= 4 is 22.9 Å². The lowest BCUT2D eigenvalue weighted by atomic mass is 10.0. The van der Waals surface area contributed by atoms with Crippen LogP contribution in [0.1, 0.15) is 81.7 Å². The number of aromatic nitrogens is 3. The Morgan fingerprint density at radius 1 is 1.20 bits per heavy atom. The van der Waals surface area contributed by atoms with Gasteiger partial charge in [-0.25, -0.2) is 4.79 Å². The van der Waals surface area contributed by atoms with E-state index in [0.29, 0.717) is 12.8 Å². The molecule has 1 aromatic carbocycles. The van der Waals surface area contributed by atoms with Crippen LogP contribution in [-0.4, -0.2) is 48.9 Å². The standard InChI is InChI=1S/C28H38N4O3/c1-8-23-20(17-31(29-23)27(34)35-28(5,6)7)16-18(3)32(21-14-15-21)26(33)25-19(4)30(9-2)24-13-11-10-12-22(24)25/h10-13,17-18,21H,8-9,14-16H2,1-7H3. The molecule has 1 aliphatic rings. The second-order valence-corrected chi connectivity index (χ2v) is 10.6. The van der Waals surface area contributed by atoms with Crippen molar-refractivity contribution in [3.8, 4) is 0 Å². The van der Waals surface area contributed by atoms with Crippen LogP contribution in [0.5, 0.6) is 0 Å². The van der Waals surface area contributed by atoms with Crippen molar-refractivity contribution in [3.63, 3.8) is 0 Å². The largest absolute Gasteiger partial charge is 0.442 e. The molecule has 7 heteroatoms. The van der Waals surface area contributed by atoms with E-state index in [9.17, 15) is 9.59 Å². The molecule has 3 aromatic rings. The van der Waals surface area contributed by atoms with Crippen LogP contribution in [0.15, 0.2) is 30.5 Å². The molecule has 1 saturated carbocycles. The molecule has 1 fully saturated rings. The van der Waals surface area contributed by atoms with Crippen LogP contribution in [0.4, 0.5) is 4.79 Å². The highest BCUT2D eigenvalue weighted by Gasteiger charge is 2.38. The molecule has 35 heavy (non-hydrogen) atoms. The fourth-order valence-corrected chi connectivity index (χ4v) is 5.05. The number of aryl methyl sites for hydroxylation is 2. The Balaban J connectivity index is 1.64. The van der Waals surface area contributed by atoms with Gasteiger partial charge >= 0.3 is 6.09 Å². The van der Waals surface area contributed by atoms with Gasteiger partial charge in [0, 0.05) is 41.4 Å². The normalized spacial score (nSPS) is 14.8. The molecule has 0 N–H and O–H groups in total. The van der Waals surface area contributed by atoms with Gasteiger partial charge in [0.05, 0.1) is 11.3 Å². The van der Waals surface area contributed by atoms with Gasteiger partial charge < -0.3 is 14.2 Å². The number of amides is 1. The molecule has 2 aromatic heterocycles. The molecule has 1 atom stereocenters. The topological polar surface area (TPSA) is 69.4 Å². The molecule has 2 heterocycles. The molecule has 0 aliphatic heterocycles. The van der Waals surface area contributed by atoms with Crippen molar-refractivity contribution in [2.75, 3.05) is 0 Å². The van der Waals surface area contributed by atoms with Crippen LogP contribution < -0.4 is 0 Å². The molecule has 0 bridgehead atoms. The quantitative estimate of drug-likeness (QED) is 0.434. The predicted molar refractivity (Wildman–Crippen MR) is 138 cm³/mol. The first-order chi connectivity index (χ1) is 16.6. The fourth-order valence-electron chi connectivity index (χ4n) is 5.05. The third kappa shape index (κ3) is 5.00. The molecule has 7 nitrogen and oxygen atoms in total. The third-order valence-electron chi connectivity index (χ3n) is 6.72. The van der Waals surface area contributed by atoms with Crippen LogP contribution >= 0.6 is 0 Å². The van der Waals surface area contributed by atoms with Crippen molar-refractivity contribution in [1.29, 1.82) is 0 Å². The number of rotatable bonds is 7. The Morgan fingerprint density at radius 3 is 2.49 bits per heavy atom. The van der Waals surface area contributed by atoms with Crippen LogP contribution in [0.2, 0.25) is 0 Å². The summed E-state index contributed by atoms with van der Waals surface area (Å²) in [6.45, 7) is 14.6. The highest BCUT2D eigenvalue weighted by molar-refractivity contribution is 6.08. The van der Waals surface area contributed by atoms with Gasteiger partial charge in [-0.1, -0.05) is 25.1 Å². The van der Waals surface area contributed by atoms with Crippen molar-refractivity contribution in [3.05, 3.63) is 53.0 Å². The maximum Gasteiger partial charge on any atom is 0.435 e. The summed E-state index contributed by atoms with van der Waals surface area (Å²) in [6, 6.07) is 8.40. The van der Waals surface area contributed by atoms with Crippen LogP contribution in [-0.2, 0) is 24.1 Å². The fraction of sp³-hybridized carbons (Fsp3) is 0.536. The zero-order valence-corrected chi connectivity index (χ0v) is 22.1. The number of hydrogen-bond donors (Lipinski definition) is 0. The van der Waals surface area contributed by atoms with E-state index in [1.165, 1.54) is 4.68 Å². The summed E-state index contributed by atoms with van der Waals surface area (Å²) in [5, 5.41) is 5.51. The molecule has 0 radical (unpaired) electrons. The lowest BCUT2D eigenvalue weighted by Crippen LogP contribution is -2.42. The molecular weight excluding hydrogens is 440 g/mol. The van der Waals surface area contributed by atoms with E-state index < -0.39 is 11.7 Å². The van der Waals surface area contributed by atoms with Gasteiger partial charge in [0.2, 0.25) is 0 Å². The van der Waals surface area contributed by atoms with Gasteiger partial charge in [0.15, 0.2) is 0 Å². The van der Waals surface area contributed by atoms with E-state index in [2.05, 4.69) is 40.5 Å². The lowest BCUT2D eigenvalue weighted by molar-refractivity contribution is 0.0512. The van der Waals surface area contributed by atoms with E-state index in [-0.39, 0.29) is 18.0 Å². The second-order valence-electron chi connectivity index (χ2n) is 10.6. The summed E-state index contributed by atoms with van der Waals surface area (Å²) in [7, 11) is 0. The van der Waals surface area contributed by atoms with Crippen molar-refractivity contribution < 1.29 is 14.3 Å². The Hall–Kier alpha value is -3.09. The highest BCUT2D eigenvalue weighted by atomic mass is 16.6. The van der Waals surface area contributed by atoms with Gasteiger partial charge in [-0.2, -0.15) is 9.78 Å². The number of nitrogens with zero attached hydrogens (tertiary/aromatic N) is 4. The minimum absolute atomic E-state index is 0.0280. The Morgan fingerprint density at radius 2 is 1.89 bits per heavy atom. The van der Waals surface area contributed by atoms with Crippen molar-refractivity contribution in [1.82, 2.24) is 19.2 Å². The summed E-state index contributed by atoms with van der Waals surface area (Å²) in [6.07, 6.45) is 4.69. The molecule has 188 valence electrons. The summed E-state index contributed by atoms with van der Waals surface area (Å²) >= 11 is 0. The Labute approximate surface area is 208 Å². The third-order valence-corrected chi connectivity index (χ3v) is 6.72. The molecule has 0 spiro atoms. The SMILES string of the molecule is CCc1nn(C(=O)OC(C)(C)C)cc1CC(C)N(C(=O)c1c(C)n(CC)c2ccccc12)C1CC1. The molecule has 1 unspecified atom stereocenters. The van der Waals surface area contributed by atoms with E-state index in [4.69, 9.17) is 4.74 Å². The van der Waals surface area contributed by atoms with Gasteiger partial charge in [0.1, 0.15) is 5.60 Å². The summed E-state index contributed by atoms with van der Waals surface area (Å²) in [4.78, 5) is 28.7. The number of hydrogen-bond acceptors (Lipinski definition) is 4. The first kappa shape index (κ1) is 25.0. The second kappa shape index (κ2) is 9.51. The van der Waals surface area contributed by atoms with E-state index in [1.807, 2.05) is 46.8 Å². The summed E-state index contributed by atoms with van der Waals surface area (Å²) < 4.78 is 9.02. The predicted octanol–water partition coefficient (Wildman–Crippen LogP) is 5.75. The zero-order valence-electron chi connectivity index (χ0n) is 22.1. The first-order valence-electron chi connectivity index (χ1n) is 12.8. The zero-order chi connectivity index (χ0) is 25.5. The van der Waals surface area contributed by atoms with Crippen LogP contribution in [0.3, 0.4) is 0 Å². The van der Waals surface area contributed by atoms with E-state index in [1.54, 1.807) is 6.20 Å². The van der Waals surface area contributed by atoms with Gasteiger partial charge in [-0.3, -0.25) is 4.79 Å². The number of fused-ring (bicyclic) bond motifs is 1. The molecule has 1 amide bonds. The molecule has 0 saturated heterocycles. The number of carbonyl (C=O) groups is 2. The highest BCUT2D eigenvalue weighted by Crippen LogP contribution is 2.35. The molecule has 4 rings (SSSR count). The van der Waals surface area contributed by atoms with Crippen LogP contribution in [0.25, 0.3) is 10.9 Å². The maximum atomic E-state index is 14.1. The monoisotopic (exact) mass is 478 g/mol. The summed E-state index contributed by atoms with van der Waals surface area (Å²) in [5.74, 6) is 0.0958. The van der Waals surface area contributed by atoms with Gasteiger partial charge in [-0.15, -0.1) is 0 Å². The molecular formula is C28H38N4O3. The lowest BCUT2D eigenvalue weighted by Gasteiger charge is -2.30. The smallest absolute Gasteiger partial charge is 0.435 e. The Kier molecular flexibility index (Phi) is 6.80.